The summed E-state index contributed by atoms with van der Waals surface area (Å²) in [6, 6.07) is 7.82. The van der Waals surface area contributed by atoms with E-state index >= 15 is 0 Å². The fourth-order valence-corrected chi connectivity index (χ4v) is 4.09. The number of hydrogen-bond acceptors (Lipinski definition) is 5. The van der Waals surface area contributed by atoms with Crippen LogP contribution >= 0.6 is 0 Å². The highest BCUT2D eigenvalue weighted by atomic mass is 16.2. The minimum Gasteiger partial charge on any atom is -0.339 e. The summed E-state index contributed by atoms with van der Waals surface area (Å²) in [4.78, 5) is 19.3. The first-order chi connectivity index (χ1) is 13.6. The molecule has 1 aliphatic rings. The number of piperidine rings is 1. The highest BCUT2D eigenvalue weighted by molar-refractivity contribution is 5.97. The zero-order valence-electron chi connectivity index (χ0n) is 15.9. The molecule has 5 rings (SSSR count). The van der Waals surface area contributed by atoms with Gasteiger partial charge in [-0.15, -0.1) is 10.2 Å². The monoisotopic (exact) mass is 375 g/mol. The van der Waals surface area contributed by atoms with Gasteiger partial charge in [0.25, 0.3) is 5.91 Å². The summed E-state index contributed by atoms with van der Waals surface area (Å²) < 4.78 is 3.79. The van der Waals surface area contributed by atoms with E-state index in [0.717, 1.165) is 41.0 Å². The van der Waals surface area contributed by atoms with Gasteiger partial charge in [0.15, 0.2) is 11.3 Å². The lowest BCUT2D eigenvalue weighted by atomic mass is 9.95. The minimum absolute atomic E-state index is 0.0298. The average molecular weight is 375 g/mol. The molecule has 8 nitrogen and oxygen atoms in total. The van der Waals surface area contributed by atoms with Crippen molar-refractivity contribution < 1.29 is 4.79 Å². The second kappa shape index (κ2) is 6.40. The normalized spacial score (nSPS) is 15.6. The van der Waals surface area contributed by atoms with Crippen molar-refractivity contribution in [2.45, 2.75) is 25.7 Å². The highest BCUT2D eigenvalue weighted by Crippen LogP contribution is 2.28. The Morgan fingerprint density at radius 2 is 2.00 bits per heavy atom. The molecule has 1 amide bonds. The van der Waals surface area contributed by atoms with Crippen molar-refractivity contribution in [1.82, 2.24) is 34.3 Å². The maximum atomic E-state index is 13.0. The number of pyridine rings is 2. The molecule has 1 saturated heterocycles. The Morgan fingerprint density at radius 3 is 2.82 bits per heavy atom. The predicted molar refractivity (Wildman–Crippen MR) is 104 cm³/mol. The lowest BCUT2D eigenvalue weighted by molar-refractivity contribution is 0.0710. The number of likely N-dealkylation sites (tertiary alicyclic amines) is 1. The van der Waals surface area contributed by atoms with E-state index in [1.54, 1.807) is 10.9 Å². The Labute approximate surface area is 161 Å². The number of carbonyl (C=O) groups is 1. The van der Waals surface area contributed by atoms with Gasteiger partial charge in [-0.1, -0.05) is 6.07 Å². The number of carbonyl (C=O) groups excluding carboxylic acids is 1. The van der Waals surface area contributed by atoms with Crippen molar-refractivity contribution in [2.24, 2.45) is 7.05 Å². The van der Waals surface area contributed by atoms with Crippen molar-refractivity contribution in [2.75, 3.05) is 13.1 Å². The molecule has 142 valence electrons. The van der Waals surface area contributed by atoms with E-state index in [0.29, 0.717) is 24.6 Å². The van der Waals surface area contributed by atoms with Crippen molar-refractivity contribution in [3.05, 3.63) is 53.7 Å². The number of aryl methyl sites for hydroxylation is 2. The van der Waals surface area contributed by atoms with Crippen LogP contribution in [0.15, 0.2) is 36.7 Å². The quantitative estimate of drug-likeness (QED) is 0.537. The maximum absolute atomic E-state index is 13.0. The molecule has 5 heterocycles. The number of amides is 1. The van der Waals surface area contributed by atoms with E-state index in [4.69, 9.17) is 0 Å². The molecule has 0 bridgehead atoms. The molecule has 0 atom stereocenters. The summed E-state index contributed by atoms with van der Waals surface area (Å²) in [5.41, 5.74) is 3.17. The minimum atomic E-state index is 0.0298. The fraction of sp³-hybridized carbons (Fsp3) is 0.350. The van der Waals surface area contributed by atoms with Crippen molar-refractivity contribution >= 4 is 22.6 Å². The molecule has 0 aliphatic carbocycles. The number of rotatable bonds is 2. The van der Waals surface area contributed by atoms with Gasteiger partial charge in [-0.2, -0.15) is 5.10 Å². The number of nitrogens with zero attached hydrogens (tertiary/aromatic N) is 7. The van der Waals surface area contributed by atoms with Crippen LogP contribution in [-0.2, 0) is 7.05 Å². The SMILES string of the molecule is Cc1nn(C)c2ncc(C(=O)N3CCC(c4nnc5ccccn45)CC3)cc12. The third-order valence-corrected chi connectivity index (χ3v) is 5.60. The van der Waals surface area contributed by atoms with Crippen LogP contribution in [0.2, 0.25) is 0 Å². The average Bonchev–Trinajstić information content (AvgIpc) is 3.28. The van der Waals surface area contributed by atoms with E-state index in [9.17, 15) is 4.79 Å². The highest BCUT2D eigenvalue weighted by Gasteiger charge is 2.27. The van der Waals surface area contributed by atoms with Gasteiger partial charge in [-0.3, -0.25) is 13.9 Å². The summed E-state index contributed by atoms with van der Waals surface area (Å²) in [7, 11) is 1.86. The van der Waals surface area contributed by atoms with E-state index < -0.39 is 0 Å². The Kier molecular flexibility index (Phi) is 3.85. The molecular formula is C20H21N7O. The molecule has 1 aliphatic heterocycles. The zero-order valence-corrected chi connectivity index (χ0v) is 15.9. The molecule has 4 aromatic rings. The van der Waals surface area contributed by atoms with Crippen molar-refractivity contribution in [3.8, 4) is 0 Å². The largest absolute Gasteiger partial charge is 0.339 e. The molecule has 0 aromatic carbocycles. The van der Waals surface area contributed by atoms with Gasteiger partial charge in [0.1, 0.15) is 5.82 Å². The number of aromatic nitrogens is 6. The van der Waals surface area contributed by atoms with Crippen LogP contribution in [0, 0.1) is 6.92 Å². The molecule has 0 saturated carbocycles. The second-order valence-corrected chi connectivity index (χ2v) is 7.36. The Bertz CT molecular complexity index is 1180. The van der Waals surface area contributed by atoms with E-state index in [1.807, 2.05) is 53.7 Å². The molecule has 0 spiro atoms. The van der Waals surface area contributed by atoms with Gasteiger partial charge in [-0.05, 0) is 38.0 Å². The van der Waals surface area contributed by atoms with Gasteiger partial charge >= 0.3 is 0 Å². The summed E-state index contributed by atoms with van der Waals surface area (Å²) in [6.07, 6.45) is 5.41. The summed E-state index contributed by atoms with van der Waals surface area (Å²) in [6.45, 7) is 3.34. The second-order valence-electron chi connectivity index (χ2n) is 7.36. The summed E-state index contributed by atoms with van der Waals surface area (Å²) in [5.74, 6) is 1.32. The summed E-state index contributed by atoms with van der Waals surface area (Å²) >= 11 is 0. The molecule has 0 unspecified atom stereocenters. The topological polar surface area (TPSA) is 81.2 Å². The van der Waals surface area contributed by atoms with E-state index in [2.05, 4.69) is 20.3 Å². The smallest absolute Gasteiger partial charge is 0.255 e. The Morgan fingerprint density at radius 1 is 1.18 bits per heavy atom. The molecule has 0 radical (unpaired) electrons. The van der Waals surface area contributed by atoms with Crippen LogP contribution < -0.4 is 0 Å². The van der Waals surface area contributed by atoms with Crippen LogP contribution in [0.5, 0.6) is 0 Å². The zero-order chi connectivity index (χ0) is 19.3. The number of hydrogen-bond donors (Lipinski definition) is 0. The number of fused-ring (bicyclic) bond motifs is 2. The molecule has 0 N–H and O–H groups in total. The lowest BCUT2D eigenvalue weighted by Crippen LogP contribution is -2.38. The van der Waals surface area contributed by atoms with Gasteiger partial charge < -0.3 is 4.90 Å². The van der Waals surface area contributed by atoms with Gasteiger partial charge in [-0.25, -0.2) is 4.98 Å². The first kappa shape index (κ1) is 16.9. The van der Waals surface area contributed by atoms with Crippen LogP contribution in [0.1, 0.15) is 40.6 Å². The Balaban J connectivity index is 1.34. The molecule has 4 aromatic heterocycles. The molecule has 28 heavy (non-hydrogen) atoms. The molecule has 8 heteroatoms. The van der Waals surface area contributed by atoms with Crippen molar-refractivity contribution in [1.29, 1.82) is 0 Å². The lowest BCUT2D eigenvalue weighted by Gasteiger charge is -2.31. The third kappa shape index (κ3) is 2.64. The maximum Gasteiger partial charge on any atom is 0.255 e. The van der Waals surface area contributed by atoms with Crippen LogP contribution in [0.3, 0.4) is 0 Å². The Hall–Kier alpha value is -3.29. The van der Waals surface area contributed by atoms with Crippen LogP contribution in [-0.4, -0.2) is 53.3 Å². The first-order valence-electron chi connectivity index (χ1n) is 9.50. The molecule has 1 fully saturated rings. The van der Waals surface area contributed by atoms with Gasteiger partial charge in [0, 0.05) is 43.8 Å². The molecular weight excluding hydrogens is 354 g/mol. The predicted octanol–water partition coefficient (Wildman–Crippen LogP) is 2.34. The van der Waals surface area contributed by atoms with E-state index in [1.165, 1.54) is 0 Å². The third-order valence-electron chi connectivity index (χ3n) is 5.60. The standard InChI is InChI=1S/C20H21N7O/c1-13-16-11-15(12-21-19(16)25(2)24-13)20(28)26-9-6-14(7-10-26)18-23-22-17-5-3-4-8-27(17)18/h3-5,8,11-12,14H,6-7,9-10H2,1-2H3. The van der Waals surface area contributed by atoms with Crippen molar-refractivity contribution in [3.63, 3.8) is 0 Å². The van der Waals surface area contributed by atoms with Crippen LogP contribution in [0.25, 0.3) is 16.7 Å². The fourth-order valence-electron chi connectivity index (χ4n) is 4.09. The summed E-state index contributed by atoms with van der Waals surface area (Å²) in [5, 5.41) is 13.9. The van der Waals surface area contributed by atoms with E-state index in [-0.39, 0.29) is 5.91 Å². The van der Waals surface area contributed by atoms with Gasteiger partial charge in [0.05, 0.1) is 11.3 Å². The van der Waals surface area contributed by atoms with Crippen LogP contribution in [0.4, 0.5) is 0 Å². The first-order valence-corrected chi connectivity index (χ1v) is 9.50. The van der Waals surface area contributed by atoms with Gasteiger partial charge in [0.2, 0.25) is 0 Å².